The molecule has 1 N–H and O–H groups in total. The minimum Gasteiger partial charge on any atom is -0.408 e. The monoisotopic (exact) mass is 225 g/mol. The summed E-state index contributed by atoms with van der Waals surface area (Å²) in [5, 5.41) is 0. The third-order valence-corrected chi connectivity index (χ3v) is 2.78. The van der Waals surface area contributed by atoms with Crippen molar-refractivity contribution in [2.24, 2.45) is 0 Å². The van der Waals surface area contributed by atoms with Gasteiger partial charge >= 0.3 is 5.76 Å². The lowest BCUT2D eigenvalue weighted by molar-refractivity contribution is 0.555. The van der Waals surface area contributed by atoms with Crippen molar-refractivity contribution < 1.29 is 4.42 Å². The topological polar surface area (TPSA) is 46.0 Å². The van der Waals surface area contributed by atoms with Crippen molar-refractivity contribution in [3.8, 4) is 0 Å². The van der Waals surface area contributed by atoms with Gasteiger partial charge in [-0.15, -0.1) is 0 Å². The second-order valence-electron chi connectivity index (χ2n) is 3.97. The molecule has 0 atom stereocenters. The highest BCUT2D eigenvalue weighted by atomic mass is 16.4. The Morgan fingerprint density at radius 1 is 1.00 bits per heavy atom. The van der Waals surface area contributed by atoms with E-state index in [1.807, 2.05) is 30.3 Å². The van der Waals surface area contributed by atoms with Gasteiger partial charge in [-0.3, -0.25) is 4.98 Å². The number of hydrogen-bond acceptors (Lipinski definition) is 2. The van der Waals surface area contributed by atoms with Gasteiger partial charge in [0.1, 0.15) is 0 Å². The molecular formula is C14H11NO2. The summed E-state index contributed by atoms with van der Waals surface area (Å²) in [6.45, 7) is 0. The first-order chi connectivity index (χ1) is 8.33. The van der Waals surface area contributed by atoms with E-state index in [0.29, 0.717) is 5.58 Å². The first-order valence-electron chi connectivity index (χ1n) is 5.47. The third-order valence-electron chi connectivity index (χ3n) is 2.78. The summed E-state index contributed by atoms with van der Waals surface area (Å²) < 4.78 is 5.04. The zero-order valence-electron chi connectivity index (χ0n) is 9.14. The van der Waals surface area contributed by atoms with Crippen molar-refractivity contribution in [3.63, 3.8) is 0 Å². The van der Waals surface area contributed by atoms with E-state index in [2.05, 4.69) is 17.1 Å². The molecule has 0 aliphatic rings. The fraction of sp³-hybridized carbons (Fsp3) is 0.0714. The van der Waals surface area contributed by atoms with Crippen LogP contribution in [0.25, 0.3) is 11.1 Å². The summed E-state index contributed by atoms with van der Waals surface area (Å²) in [6, 6.07) is 15.8. The van der Waals surface area contributed by atoms with Gasteiger partial charge in [0.15, 0.2) is 5.58 Å². The van der Waals surface area contributed by atoms with Gasteiger partial charge in [0.25, 0.3) is 0 Å². The molecule has 84 valence electrons. The van der Waals surface area contributed by atoms with Gasteiger partial charge < -0.3 is 4.42 Å². The lowest BCUT2D eigenvalue weighted by Gasteiger charge is -2.02. The lowest BCUT2D eigenvalue weighted by atomic mass is 10.0. The molecule has 17 heavy (non-hydrogen) atoms. The highest BCUT2D eigenvalue weighted by molar-refractivity contribution is 5.76. The van der Waals surface area contributed by atoms with E-state index in [-0.39, 0.29) is 0 Å². The quantitative estimate of drug-likeness (QED) is 0.728. The molecule has 0 saturated carbocycles. The van der Waals surface area contributed by atoms with E-state index in [9.17, 15) is 4.79 Å². The summed E-state index contributed by atoms with van der Waals surface area (Å²) in [4.78, 5) is 13.9. The maximum absolute atomic E-state index is 11.2. The minimum atomic E-state index is -0.402. The predicted octanol–water partition coefficient (Wildman–Crippen LogP) is 2.71. The molecule has 3 aromatic rings. The van der Waals surface area contributed by atoms with Crippen molar-refractivity contribution in [2.75, 3.05) is 0 Å². The SMILES string of the molecule is O=c1[nH]c2c(Cc3ccccc3)cccc2o1. The summed E-state index contributed by atoms with van der Waals surface area (Å²) in [6.07, 6.45) is 0.785. The molecule has 3 nitrogen and oxygen atoms in total. The summed E-state index contributed by atoms with van der Waals surface area (Å²) in [5.74, 6) is -0.402. The lowest BCUT2D eigenvalue weighted by Crippen LogP contribution is -1.95. The Morgan fingerprint density at radius 2 is 1.82 bits per heavy atom. The molecule has 0 fully saturated rings. The Labute approximate surface area is 97.7 Å². The average Bonchev–Trinajstić information content (AvgIpc) is 2.72. The first-order valence-corrected chi connectivity index (χ1v) is 5.47. The number of H-pyrrole nitrogens is 1. The fourth-order valence-electron chi connectivity index (χ4n) is 1.99. The predicted molar refractivity (Wildman–Crippen MR) is 66.1 cm³/mol. The normalized spacial score (nSPS) is 10.8. The maximum Gasteiger partial charge on any atom is 0.417 e. The van der Waals surface area contributed by atoms with Gasteiger partial charge in [-0.2, -0.15) is 0 Å². The Balaban J connectivity index is 2.09. The van der Waals surface area contributed by atoms with E-state index >= 15 is 0 Å². The highest BCUT2D eigenvalue weighted by Gasteiger charge is 2.06. The van der Waals surface area contributed by atoms with Gasteiger partial charge in [0, 0.05) is 0 Å². The van der Waals surface area contributed by atoms with Gasteiger partial charge in [-0.05, 0) is 23.6 Å². The minimum absolute atomic E-state index is 0.402. The van der Waals surface area contributed by atoms with Crippen molar-refractivity contribution in [1.82, 2.24) is 4.98 Å². The van der Waals surface area contributed by atoms with E-state index in [1.54, 1.807) is 6.07 Å². The summed E-state index contributed by atoms with van der Waals surface area (Å²) in [7, 11) is 0. The van der Waals surface area contributed by atoms with Gasteiger partial charge in [-0.25, -0.2) is 4.79 Å². The van der Waals surface area contributed by atoms with Crippen LogP contribution in [0.3, 0.4) is 0 Å². The van der Waals surface area contributed by atoms with Gasteiger partial charge in [-0.1, -0.05) is 42.5 Å². The van der Waals surface area contributed by atoms with Crippen molar-refractivity contribution >= 4 is 11.1 Å². The van der Waals surface area contributed by atoms with Crippen LogP contribution in [0, 0.1) is 0 Å². The Morgan fingerprint density at radius 3 is 2.65 bits per heavy atom. The average molecular weight is 225 g/mol. The van der Waals surface area contributed by atoms with E-state index in [1.165, 1.54) is 5.56 Å². The van der Waals surface area contributed by atoms with Crippen LogP contribution in [0.2, 0.25) is 0 Å². The van der Waals surface area contributed by atoms with Crippen LogP contribution >= 0.6 is 0 Å². The fourth-order valence-corrected chi connectivity index (χ4v) is 1.99. The molecule has 0 bridgehead atoms. The van der Waals surface area contributed by atoms with Crippen LogP contribution in [-0.4, -0.2) is 4.98 Å². The molecule has 0 unspecified atom stereocenters. The number of oxazole rings is 1. The molecule has 3 heteroatoms. The number of fused-ring (bicyclic) bond motifs is 1. The molecule has 1 heterocycles. The summed E-state index contributed by atoms with van der Waals surface area (Å²) >= 11 is 0. The Bertz CT molecular complexity index is 695. The standard InChI is InChI=1S/C14H11NO2/c16-14-15-13-11(7-4-8-12(13)17-14)9-10-5-2-1-3-6-10/h1-8H,9H2,(H,15,16). The van der Waals surface area contributed by atoms with Crippen LogP contribution in [0.15, 0.2) is 57.7 Å². The number of nitrogens with one attached hydrogen (secondary N) is 1. The van der Waals surface area contributed by atoms with Crippen LogP contribution < -0.4 is 5.76 Å². The largest absolute Gasteiger partial charge is 0.417 e. The van der Waals surface area contributed by atoms with Crippen LogP contribution in [0.1, 0.15) is 11.1 Å². The molecule has 0 aliphatic carbocycles. The molecule has 0 spiro atoms. The Hall–Kier alpha value is -2.29. The molecule has 3 rings (SSSR count). The van der Waals surface area contributed by atoms with Crippen LogP contribution in [0.5, 0.6) is 0 Å². The van der Waals surface area contributed by atoms with Gasteiger partial charge in [0.2, 0.25) is 0 Å². The van der Waals surface area contributed by atoms with Crippen molar-refractivity contribution in [1.29, 1.82) is 0 Å². The van der Waals surface area contributed by atoms with Crippen LogP contribution in [-0.2, 0) is 6.42 Å². The zero-order chi connectivity index (χ0) is 11.7. The highest BCUT2D eigenvalue weighted by Crippen LogP contribution is 2.18. The van der Waals surface area contributed by atoms with Crippen molar-refractivity contribution in [2.45, 2.75) is 6.42 Å². The zero-order valence-corrected chi connectivity index (χ0v) is 9.14. The smallest absolute Gasteiger partial charge is 0.408 e. The van der Waals surface area contributed by atoms with E-state index < -0.39 is 5.76 Å². The molecule has 1 aromatic heterocycles. The first kappa shape index (κ1) is 9.90. The molecule has 0 saturated heterocycles. The molecule has 2 aromatic carbocycles. The number of aromatic nitrogens is 1. The molecule has 0 amide bonds. The molecule has 0 aliphatic heterocycles. The van der Waals surface area contributed by atoms with E-state index in [4.69, 9.17) is 4.42 Å². The van der Waals surface area contributed by atoms with Crippen molar-refractivity contribution in [3.05, 3.63) is 70.2 Å². The second-order valence-corrected chi connectivity index (χ2v) is 3.97. The molecular weight excluding hydrogens is 214 g/mol. The molecule has 0 radical (unpaired) electrons. The maximum atomic E-state index is 11.2. The number of hydrogen-bond donors (Lipinski definition) is 1. The second kappa shape index (κ2) is 3.94. The number of rotatable bonds is 2. The number of benzene rings is 2. The third kappa shape index (κ3) is 1.87. The number of aromatic amines is 1. The van der Waals surface area contributed by atoms with E-state index in [0.717, 1.165) is 17.5 Å². The van der Waals surface area contributed by atoms with Crippen LogP contribution in [0.4, 0.5) is 0 Å². The van der Waals surface area contributed by atoms with Gasteiger partial charge in [0.05, 0.1) is 5.52 Å². The number of para-hydroxylation sites is 1. The Kier molecular flexibility index (Phi) is 2.29. The summed E-state index contributed by atoms with van der Waals surface area (Å²) in [5.41, 5.74) is 3.69.